The molecule has 0 bridgehead atoms. The molecule has 0 amide bonds. The maximum atomic E-state index is 6.79. The van der Waals surface area contributed by atoms with E-state index in [1.54, 1.807) is 0 Å². The third kappa shape index (κ3) is 3.72. The second-order valence-electron chi connectivity index (χ2n) is 10.9. The van der Waals surface area contributed by atoms with Crippen LogP contribution in [0.3, 0.4) is 0 Å². The third-order valence-corrected chi connectivity index (χ3v) is 9.66. The molecule has 0 aliphatic heterocycles. The quantitative estimate of drug-likeness (QED) is 0.210. The fourth-order valence-corrected chi connectivity index (χ4v) is 7.73. The van der Waals surface area contributed by atoms with Gasteiger partial charge in [-0.2, -0.15) is 0 Å². The number of hydrogen-bond donors (Lipinski definition) is 0. The molecule has 7 aromatic carbocycles. The van der Waals surface area contributed by atoms with Gasteiger partial charge < -0.3 is 9.32 Å². The summed E-state index contributed by atoms with van der Waals surface area (Å²) < 4.78 is 9.37. The number of thiophene rings is 1. The summed E-state index contributed by atoms with van der Waals surface area (Å²) in [6.45, 7) is 0. The zero-order valence-corrected chi connectivity index (χ0v) is 24.0. The number of rotatable bonds is 4. The van der Waals surface area contributed by atoms with Crippen molar-refractivity contribution in [2.75, 3.05) is 4.90 Å². The first-order chi connectivity index (χ1) is 21.3. The molecule has 43 heavy (non-hydrogen) atoms. The Morgan fingerprint density at radius 2 is 1.07 bits per heavy atom. The lowest BCUT2D eigenvalue weighted by Crippen LogP contribution is -2.10. The van der Waals surface area contributed by atoms with Crippen LogP contribution in [-0.2, 0) is 0 Å². The van der Waals surface area contributed by atoms with Crippen LogP contribution in [0.1, 0.15) is 0 Å². The second-order valence-corrected chi connectivity index (χ2v) is 11.9. The second kappa shape index (κ2) is 9.59. The van der Waals surface area contributed by atoms with Crippen LogP contribution in [0.5, 0.6) is 0 Å². The normalized spacial score (nSPS) is 11.7. The Kier molecular flexibility index (Phi) is 5.40. The van der Waals surface area contributed by atoms with E-state index >= 15 is 0 Å². The fraction of sp³-hybridized carbons (Fsp3) is 0. The number of benzene rings is 7. The standard InChI is InChI=1S/C40H25NOS/c1-3-13-26(14-4-1)28-20-11-21-32-34-25-36(29-17-7-8-19-31(29)39(34)42-38(28)32)41(27-15-5-2-6-16-27)35-23-12-22-33-30-18-9-10-24-37(30)43-40(33)35/h1-25H. The molecule has 0 atom stereocenters. The van der Waals surface area contributed by atoms with E-state index in [2.05, 4.69) is 157 Å². The molecule has 2 heterocycles. The van der Waals surface area contributed by atoms with Gasteiger partial charge in [-0.1, -0.05) is 121 Å². The largest absolute Gasteiger partial charge is 0.455 e. The SMILES string of the molecule is c1ccc(-c2cccc3c2oc2c4ccccc4c(N(c4ccccc4)c4cccc5c4sc4ccccc45)cc32)cc1. The summed E-state index contributed by atoms with van der Waals surface area (Å²) in [5, 5.41) is 7.08. The minimum absolute atomic E-state index is 0.920. The third-order valence-electron chi connectivity index (χ3n) is 8.45. The monoisotopic (exact) mass is 567 g/mol. The number of furan rings is 1. The van der Waals surface area contributed by atoms with Crippen LogP contribution in [0.4, 0.5) is 17.1 Å². The lowest BCUT2D eigenvalue weighted by atomic mass is 9.99. The maximum absolute atomic E-state index is 6.79. The molecule has 2 aromatic heterocycles. The van der Waals surface area contributed by atoms with Crippen LogP contribution in [0.25, 0.3) is 64.0 Å². The molecule has 0 saturated carbocycles. The summed E-state index contributed by atoms with van der Waals surface area (Å²) in [5.41, 5.74) is 7.53. The van der Waals surface area contributed by atoms with E-state index in [1.165, 1.54) is 25.9 Å². The minimum Gasteiger partial charge on any atom is -0.455 e. The molecular weight excluding hydrogens is 543 g/mol. The topological polar surface area (TPSA) is 16.4 Å². The zero-order valence-electron chi connectivity index (χ0n) is 23.2. The number of hydrogen-bond acceptors (Lipinski definition) is 3. The molecule has 0 unspecified atom stereocenters. The highest BCUT2D eigenvalue weighted by Gasteiger charge is 2.23. The summed E-state index contributed by atoms with van der Waals surface area (Å²) in [5.74, 6) is 0. The van der Waals surface area contributed by atoms with Crippen molar-refractivity contribution in [3.05, 3.63) is 152 Å². The molecule has 0 N–H and O–H groups in total. The Labute approximate surface area is 252 Å². The molecule has 9 aromatic rings. The van der Waals surface area contributed by atoms with Gasteiger partial charge >= 0.3 is 0 Å². The predicted octanol–water partition coefficient (Wildman–Crippen LogP) is 12.2. The summed E-state index contributed by atoms with van der Waals surface area (Å²) in [4.78, 5) is 2.43. The number of fused-ring (bicyclic) bond motifs is 8. The van der Waals surface area contributed by atoms with Crippen LogP contribution in [0, 0.1) is 0 Å². The molecule has 0 fully saturated rings. The van der Waals surface area contributed by atoms with Crippen LogP contribution < -0.4 is 4.90 Å². The summed E-state index contributed by atoms with van der Waals surface area (Å²) in [6.07, 6.45) is 0. The molecule has 0 saturated heterocycles. The van der Waals surface area contributed by atoms with Crippen molar-refractivity contribution in [3.8, 4) is 11.1 Å². The Morgan fingerprint density at radius 1 is 0.442 bits per heavy atom. The lowest BCUT2D eigenvalue weighted by Gasteiger charge is -2.27. The van der Waals surface area contributed by atoms with Gasteiger partial charge in [-0.05, 0) is 35.9 Å². The Hall–Kier alpha value is -5.38. The smallest absolute Gasteiger partial charge is 0.143 e. The average molecular weight is 568 g/mol. The first-order valence-electron chi connectivity index (χ1n) is 14.5. The highest BCUT2D eigenvalue weighted by Crippen LogP contribution is 2.49. The van der Waals surface area contributed by atoms with E-state index < -0.39 is 0 Å². The predicted molar refractivity (Wildman–Crippen MR) is 184 cm³/mol. The van der Waals surface area contributed by atoms with Crippen molar-refractivity contribution >= 4 is 81.3 Å². The van der Waals surface area contributed by atoms with Gasteiger partial charge in [0.25, 0.3) is 0 Å². The zero-order chi connectivity index (χ0) is 28.3. The van der Waals surface area contributed by atoms with Crippen molar-refractivity contribution in [3.63, 3.8) is 0 Å². The van der Waals surface area contributed by atoms with Crippen LogP contribution in [-0.4, -0.2) is 0 Å². The average Bonchev–Trinajstić information content (AvgIpc) is 3.65. The van der Waals surface area contributed by atoms with Gasteiger partial charge in [-0.3, -0.25) is 0 Å². The Bertz CT molecular complexity index is 2460. The van der Waals surface area contributed by atoms with Crippen molar-refractivity contribution in [1.29, 1.82) is 0 Å². The number of para-hydroxylation sites is 2. The summed E-state index contributed by atoms with van der Waals surface area (Å²) >= 11 is 1.86. The van der Waals surface area contributed by atoms with Crippen LogP contribution >= 0.6 is 11.3 Å². The van der Waals surface area contributed by atoms with E-state index in [-0.39, 0.29) is 0 Å². The molecule has 0 spiro atoms. The first kappa shape index (κ1) is 24.2. The van der Waals surface area contributed by atoms with E-state index in [0.29, 0.717) is 0 Å². The molecule has 0 aliphatic carbocycles. The van der Waals surface area contributed by atoms with Gasteiger partial charge in [0.1, 0.15) is 11.2 Å². The molecular formula is C40H25NOS. The molecule has 9 rings (SSSR count). The van der Waals surface area contributed by atoms with Gasteiger partial charge in [-0.25, -0.2) is 0 Å². The van der Waals surface area contributed by atoms with E-state index in [4.69, 9.17) is 4.42 Å². The lowest BCUT2D eigenvalue weighted by molar-refractivity contribution is 0.674. The van der Waals surface area contributed by atoms with E-state index in [9.17, 15) is 0 Å². The minimum atomic E-state index is 0.920. The van der Waals surface area contributed by atoms with Gasteiger partial charge in [0.05, 0.1) is 16.1 Å². The van der Waals surface area contributed by atoms with E-state index in [1.807, 2.05) is 11.3 Å². The highest BCUT2D eigenvalue weighted by molar-refractivity contribution is 7.26. The number of anilines is 3. The van der Waals surface area contributed by atoms with Crippen LogP contribution in [0.2, 0.25) is 0 Å². The Balaban J connectivity index is 1.39. The fourth-order valence-electron chi connectivity index (χ4n) is 6.52. The molecule has 0 aliphatic rings. The molecule has 3 heteroatoms. The highest BCUT2D eigenvalue weighted by atomic mass is 32.1. The first-order valence-corrected chi connectivity index (χ1v) is 15.3. The van der Waals surface area contributed by atoms with Crippen molar-refractivity contribution in [2.24, 2.45) is 0 Å². The van der Waals surface area contributed by atoms with Crippen molar-refractivity contribution < 1.29 is 4.42 Å². The van der Waals surface area contributed by atoms with Gasteiger partial charge in [-0.15, -0.1) is 11.3 Å². The van der Waals surface area contributed by atoms with Gasteiger partial charge in [0.15, 0.2) is 0 Å². The van der Waals surface area contributed by atoms with Crippen molar-refractivity contribution in [2.45, 2.75) is 0 Å². The summed E-state index contributed by atoms with van der Waals surface area (Å²) in [7, 11) is 0. The number of nitrogens with zero attached hydrogens (tertiary/aromatic N) is 1. The molecule has 202 valence electrons. The molecule has 0 radical (unpaired) electrons. The van der Waals surface area contributed by atoms with Gasteiger partial charge in [0.2, 0.25) is 0 Å². The molecule has 2 nitrogen and oxygen atoms in total. The Morgan fingerprint density at radius 3 is 1.91 bits per heavy atom. The maximum Gasteiger partial charge on any atom is 0.143 e. The van der Waals surface area contributed by atoms with E-state index in [0.717, 1.165) is 55.2 Å². The summed E-state index contributed by atoms with van der Waals surface area (Å²) in [6, 6.07) is 54.1. The van der Waals surface area contributed by atoms with Crippen LogP contribution in [0.15, 0.2) is 156 Å². The van der Waals surface area contributed by atoms with Gasteiger partial charge in [0, 0.05) is 48.3 Å². The van der Waals surface area contributed by atoms with Crippen molar-refractivity contribution in [1.82, 2.24) is 0 Å².